The van der Waals surface area contributed by atoms with Crippen LogP contribution in [0.15, 0.2) is 57.2 Å². The molecule has 0 bridgehead atoms. The topological polar surface area (TPSA) is 84.0 Å². The van der Waals surface area contributed by atoms with Crippen molar-refractivity contribution in [1.29, 1.82) is 0 Å². The lowest BCUT2D eigenvalue weighted by molar-refractivity contribution is -0.114. The van der Waals surface area contributed by atoms with E-state index >= 15 is 0 Å². The highest BCUT2D eigenvalue weighted by atomic mass is 32.2. The molecule has 2 aromatic carbocycles. The van der Waals surface area contributed by atoms with E-state index in [9.17, 15) is 9.59 Å². The molecule has 2 N–H and O–H groups in total. The number of benzene rings is 2. The Morgan fingerprint density at radius 2 is 1.21 bits per heavy atom. The van der Waals surface area contributed by atoms with Gasteiger partial charge in [-0.05, 0) is 37.1 Å². The van der Waals surface area contributed by atoms with Crippen molar-refractivity contribution in [2.45, 2.75) is 22.5 Å². The van der Waals surface area contributed by atoms with Crippen molar-refractivity contribution >= 4 is 58.0 Å². The van der Waals surface area contributed by atoms with Gasteiger partial charge in [0.25, 0.3) is 0 Å². The molecular formula is C20H20N4O2S3. The first-order valence-corrected chi connectivity index (χ1v) is 11.6. The van der Waals surface area contributed by atoms with Gasteiger partial charge in [-0.25, -0.2) is 0 Å². The SMILES string of the molecule is Cc1ccccc1NC(=O)CSc1nnc(SCC(=O)Nc2ccccc2C)s1. The highest BCUT2D eigenvalue weighted by Gasteiger charge is 2.11. The summed E-state index contributed by atoms with van der Waals surface area (Å²) < 4.78 is 1.40. The van der Waals surface area contributed by atoms with Gasteiger partial charge in [-0.2, -0.15) is 0 Å². The van der Waals surface area contributed by atoms with Crippen molar-refractivity contribution in [2.24, 2.45) is 0 Å². The zero-order valence-electron chi connectivity index (χ0n) is 16.0. The minimum Gasteiger partial charge on any atom is -0.325 e. The number of anilines is 2. The van der Waals surface area contributed by atoms with E-state index in [0.717, 1.165) is 22.5 Å². The van der Waals surface area contributed by atoms with Gasteiger partial charge in [0.1, 0.15) is 0 Å². The standard InChI is InChI=1S/C20H20N4O2S3/c1-13-7-3-5-9-15(13)21-17(25)11-27-19-23-24-20(29-19)28-12-18(26)22-16-10-6-4-8-14(16)2/h3-10H,11-12H2,1-2H3,(H,21,25)(H,22,26). The van der Waals surface area contributed by atoms with E-state index in [4.69, 9.17) is 0 Å². The summed E-state index contributed by atoms with van der Waals surface area (Å²) in [7, 11) is 0. The van der Waals surface area contributed by atoms with Crippen molar-refractivity contribution in [3.63, 3.8) is 0 Å². The second-order valence-corrected chi connectivity index (χ2v) is 9.56. The van der Waals surface area contributed by atoms with Crippen LogP contribution in [-0.4, -0.2) is 33.5 Å². The molecule has 0 saturated heterocycles. The Bertz CT molecular complexity index is 929. The van der Waals surface area contributed by atoms with Crippen LogP contribution in [0.4, 0.5) is 11.4 Å². The van der Waals surface area contributed by atoms with Crippen LogP contribution >= 0.6 is 34.9 Å². The molecule has 0 spiro atoms. The van der Waals surface area contributed by atoms with E-state index in [-0.39, 0.29) is 23.3 Å². The minimum absolute atomic E-state index is 0.0914. The largest absolute Gasteiger partial charge is 0.325 e. The first-order valence-electron chi connectivity index (χ1n) is 8.81. The Hall–Kier alpha value is -2.36. The zero-order valence-corrected chi connectivity index (χ0v) is 18.4. The van der Waals surface area contributed by atoms with Crippen LogP contribution in [0.5, 0.6) is 0 Å². The lowest BCUT2D eigenvalue weighted by Crippen LogP contribution is -2.14. The predicted molar refractivity (Wildman–Crippen MR) is 121 cm³/mol. The average molecular weight is 445 g/mol. The molecule has 1 heterocycles. The number of carbonyl (C=O) groups excluding carboxylic acids is 2. The van der Waals surface area contributed by atoms with Crippen molar-refractivity contribution in [3.05, 3.63) is 59.7 Å². The van der Waals surface area contributed by atoms with Crippen LogP contribution in [-0.2, 0) is 9.59 Å². The van der Waals surface area contributed by atoms with Crippen LogP contribution in [0, 0.1) is 13.8 Å². The van der Waals surface area contributed by atoms with Crippen molar-refractivity contribution < 1.29 is 9.59 Å². The van der Waals surface area contributed by atoms with Gasteiger partial charge in [0, 0.05) is 11.4 Å². The van der Waals surface area contributed by atoms with Crippen molar-refractivity contribution in [1.82, 2.24) is 10.2 Å². The number of aromatic nitrogens is 2. The second-order valence-electron chi connectivity index (χ2n) is 6.14. The second kappa shape index (κ2) is 10.4. The van der Waals surface area contributed by atoms with Crippen LogP contribution in [0.1, 0.15) is 11.1 Å². The molecule has 6 nitrogen and oxygen atoms in total. The molecule has 1 aromatic heterocycles. The van der Waals surface area contributed by atoms with E-state index in [1.54, 1.807) is 0 Å². The van der Waals surface area contributed by atoms with Crippen molar-refractivity contribution in [2.75, 3.05) is 22.1 Å². The molecule has 0 fully saturated rings. The van der Waals surface area contributed by atoms with Crippen LogP contribution in [0.2, 0.25) is 0 Å². The molecule has 0 saturated carbocycles. The number of thioether (sulfide) groups is 2. The Morgan fingerprint density at radius 1 is 0.793 bits per heavy atom. The summed E-state index contributed by atoms with van der Waals surface area (Å²) in [6.07, 6.45) is 0. The number of carbonyl (C=O) groups is 2. The quantitative estimate of drug-likeness (QED) is 0.494. The third-order valence-corrected chi connectivity index (χ3v) is 7.07. The lowest BCUT2D eigenvalue weighted by atomic mass is 10.2. The van der Waals surface area contributed by atoms with E-state index in [2.05, 4.69) is 20.8 Å². The minimum atomic E-state index is -0.0914. The van der Waals surface area contributed by atoms with Crippen LogP contribution in [0.25, 0.3) is 0 Å². The van der Waals surface area contributed by atoms with E-state index < -0.39 is 0 Å². The number of hydrogen-bond donors (Lipinski definition) is 2. The molecular weight excluding hydrogens is 424 g/mol. The molecule has 0 aliphatic heterocycles. The first-order chi connectivity index (χ1) is 14.0. The first kappa shape index (κ1) is 21.4. The summed E-state index contributed by atoms with van der Waals surface area (Å²) in [6.45, 7) is 3.90. The molecule has 3 aromatic rings. The molecule has 0 radical (unpaired) electrons. The van der Waals surface area contributed by atoms with Gasteiger partial charge in [-0.15, -0.1) is 10.2 Å². The third kappa shape index (κ3) is 6.59. The number of amides is 2. The molecule has 0 atom stereocenters. The van der Waals surface area contributed by atoms with Crippen molar-refractivity contribution in [3.8, 4) is 0 Å². The molecule has 3 rings (SSSR count). The van der Waals surface area contributed by atoms with E-state index in [0.29, 0.717) is 8.68 Å². The Morgan fingerprint density at radius 3 is 1.62 bits per heavy atom. The van der Waals surface area contributed by atoms with Gasteiger partial charge in [0.2, 0.25) is 11.8 Å². The van der Waals surface area contributed by atoms with E-state index in [1.165, 1.54) is 34.9 Å². The van der Waals surface area contributed by atoms with Gasteiger partial charge in [-0.1, -0.05) is 71.3 Å². The molecule has 0 unspecified atom stereocenters. The fraction of sp³-hybridized carbons (Fsp3) is 0.200. The molecule has 150 valence electrons. The summed E-state index contributed by atoms with van der Waals surface area (Å²) in [5.74, 6) is 0.320. The maximum absolute atomic E-state index is 12.1. The molecule has 9 heteroatoms. The summed E-state index contributed by atoms with van der Waals surface area (Å²) >= 11 is 4.04. The molecule has 0 aliphatic rings. The average Bonchev–Trinajstić information content (AvgIpc) is 3.16. The number of aryl methyl sites for hydroxylation is 2. The maximum Gasteiger partial charge on any atom is 0.234 e. The van der Waals surface area contributed by atoms with Gasteiger partial charge in [0.15, 0.2) is 8.68 Å². The van der Waals surface area contributed by atoms with E-state index in [1.807, 2.05) is 62.4 Å². The molecule has 2 amide bonds. The Balaban J connectivity index is 1.43. The van der Waals surface area contributed by atoms with Gasteiger partial charge in [-0.3, -0.25) is 9.59 Å². The summed E-state index contributed by atoms with van der Waals surface area (Å²) in [5, 5.41) is 14.0. The highest BCUT2D eigenvalue weighted by Crippen LogP contribution is 2.29. The summed E-state index contributed by atoms with van der Waals surface area (Å²) in [4.78, 5) is 24.3. The third-order valence-electron chi connectivity index (χ3n) is 3.88. The molecule has 29 heavy (non-hydrogen) atoms. The van der Waals surface area contributed by atoms with Gasteiger partial charge >= 0.3 is 0 Å². The van der Waals surface area contributed by atoms with Crippen LogP contribution < -0.4 is 10.6 Å². The van der Waals surface area contributed by atoms with Crippen LogP contribution in [0.3, 0.4) is 0 Å². The number of hydrogen-bond acceptors (Lipinski definition) is 7. The monoisotopic (exact) mass is 444 g/mol. The number of rotatable bonds is 8. The molecule has 0 aliphatic carbocycles. The summed E-state index contributed by atoms with van der Waals surface area (Å²) in [6, 6.07) is 15.3. The fourth-order valence-electron chi connectivity index (χ4n) is 2.37. The van der Waals surface area contributed by atoms with Gasteiger partial charge < -0.3 is 10.6 Å². The normalized spacial score (nSPS) is 10.6. The smallest absolute Gasteiger partial charge is 0.234 e. The highest BCUT2D eigenvalue weighted by molar-refractivity contribution is 8.03. The van der Waals surface area contributed by atoms with Gasteiger partial charge in [0.05, 0.1) is 11.5 Å². The lowest BCUT2D eigenvalue weighted by Gasteiger charge is -2.07. The Labute approximate surface area is 181 Å². The number of nitrogens with zero attached hydrogens (tertiary/aromatic N) is 2. The fourth-order valence-corrected chi connectivity index (χ4v) is 4.99. The number of para-hydroxylation sites is 2. The maximum atomic E-state index is 12.1. The zero-order chi connectivity index (χ0) is 20.6. The summed E-state index contributed by atoms with van der Waals surface area (Å²) in [5.41, 5.74) is 3.66. The number of nitrogens with one attached hydrogen (secondary N) is 2. The predicted octanol–water partition coefficient (Wildman–Crippen LogP) is 4.62. The Kier molecular flexibility index (Phi) is 7.68.